The maximum Gasteiger partial charge on any atom is 0.419 e. The Morgan fingerprint density at radius 1 is 1.33 bits per heavy atom. The van der Waals surface area contributed by atoms with Crippen molar-refractivity contribution in [3.05, 3.63) is 38.9 Å². The molecule has 2 N–H and O–H groups in total. The van der Waals surface area contributed by atoms with Gasteiger partial charge in [-0.2, -0.15) is 0 Å². The highest BCUT2D eigenvalue weighted by Crippen LogP contribution is 2.20. The molecule has 0 bridgehead atoms. The van der Waals surface area contributed by atoms with Crippen LogP contribution in [0.25, 0.3) is 11.1 Å². The van der Waals surface area contributed by atoms with Gasteiger partial charge in [-0.1, -0.05) is 0 Å². The Balaban J connectivity index is 1.96. The molecule has 0 aliphatic carbocycles. The Hall–Kier alpha value is -3.17. The number of carbonyl (C=O) groups is 2. The zero-order valence-electron chi connectivity index (χ0n) is 15.1. The second-order valence-corrected chi connectivity index (χ2v) is 6.86. The van der Waals surface area contributed by atoms with Crippen LogP contribution in [0.2, 0.25) is 0 Å². The molecular formula is C17H21N3O7. The second kappa shape index (κ2) is 8.02. The molecule has 0 saturated heterocycles. The summed E-state index contributed by atoms with van der Waals surface area (Å²) in [5, 5.41) is 22.3. The standard InChI is InChI=1S/C17H21N3O7/c1-17(2,8-7-15(22)23)18-14(21)4-3-9-19-12-6-5-11(20(25)26)10-13(12)27-16(19)24/h5-6,10H,3-4,7-9H2,1-2H3,(H,18,21)(H,22,23). The molecule has 0 saturated carbocycles. The summed E-state index contributed by atoms with van der Waals surface area (Å²) in [6.45, 7) is 3.70. The molecule has 2 aromatic rings. The number of amides is 1. The van der Waals surface area contributed by atoms with Gasteiger partial charge in [-0.25, -0.2) is 4.79 Å². The summed E-state index contributed by atoms with van der Waals surface area (Å²) in [4.78, 5) is 44.8. The number of hydrogen-bond acceptors (Lipinski definition) is 6. The number of aryl methyl sites for hydroxylation is 1. The number of carboxylic acid groups (broad SMARTS) is 1. The maximum atomic E-state index is 12.1. The molecule has 1 amide bonds. The van der Waals surface area contributed by atoms with E-state index in [1.165, 1.54) is 22.8 Å². The number of fused-ring (bicyclic) bond motifs is 1. The summed E-state index contributed by atoms with van der Waals surface area (Å²) < 4.78 is 6.35. The number of carboxylic acids is 1. The highest BCUT2D eigenvalue weighted by Gasteiger charge is 2.21. The smallest absolute Gasteiger partial charge is 0.419 e. The number of benzene rings is 1. The van der Waals surface area contributed by atoms with E-state index in [9.17, 15) is 24.5 Å². The van der Waals surface area contributed by atoms with Gasteiger partial charge in [0, 0.05) is 31.0 Å². The number of non-ortho nitro benzene ring substituents is 1. The Bertz CT molecular complexity index is 926. The Morgan fingerprint density at radius 2 is 2.04 bits per heavy atom. The van der Waals surface area contributed by atoms with E-state index in [0.29, 0.717) is 18.4 Å². The van der Waals surface area contributed by atoms with E-state index in [4.69, 9.17) is 9.52 Å². The van der Waals surface area contributed by atoms with Gasteiger partial charge in [-0.05, 0) is 32.8 Å². The molecule has 0 aliphatic heterocycles. The van der Waals surface area contributed by atoms with Crippen molar-refractivity contribution in [2.75, 3.05) is 0 Å². The number of carbonyl (C=O) groups excluding carboxylic acids is 1. The van der Waals surface area contributed by atoms with Crippen LogP contribution in [0.1, 0.15) is 39.5 Å². The molecule has 10 heteroatoms. The van der Waals surface area contributed by atoms with Gasteiger partial charge in [-0.3, -0.25) is 24.3 Å². The summed E-state index contributed by atoms with van der Waals surface area (Å²) >= 11 is 0. The van der Waals surface area contributed by atoms with Crippen molar-refractivity contribution in [1.82, 2.24) is 9.88 Å². The lowest BCUT2D eigenvalue weighted by atomic mass is 9.98. The van der Waals surface area contributed by atoms with Crippen LogP contribution in [0.15, 0.2) is 27.4 Å². The fourth-order valence-electron chi connectivity index (χ4n) is 2.70. The quantitative estimate of drug-likeness (QED) is 0.501. The van der Waals surface area contributed by atoms with Crippen molar-refractivity contribution >= 4 is 28.7 Å². The summed E-state index contributed by atoms with van der Waals surface area (Å²) in [7, 11) is 0. The molecule has 1 aromatic heterocycles. The summed E-state index contributed by atoms with van der Waals surface area (Å²) in [5.74, 6) is -1.82. The topological polar surface area (TPSA) is 145 Å². The highest BCUT2D eigenvalue weighted by atomic mass is 16.6. The average Bonchev–Trinajstić information content (AvgIpc) is 2.87. The van der Waals surface area contributed by atoms with E-state index >= 15 is 0 Å². The number of aliphatic carboxylic acids is 1. The number of oxazole rings is 1. The number of nitro benzene ring substituents is 1. The van der Waals surface area contributed by atoms with Gasteiger partial charge in [0.05, 0.1) is 16.5 Å². The van der Waals surface area contributed by atoms with Crippen LogP contribution in [0.4, 0.5) is 5.69 Å². The van der Waals surface area contributed by atoms with Crippen molar-refractivity contribution in [2.24, 2.45) is 0 Å². The predicted molar refractivity (Wildman–Crippen MR) is 95.5 cm³/mol. The van der Waals surface area contributed by atoms with E-state index in [1.54, 1.807) is 13.8 Å². The van der Waals surface area contributed by atoms with Gasteiger partial charge < -0.3 is 14.8 Å². The van der Waals surface area contributed by atoms with Gasteiger partial charge in [0.15, 0.2) is 5.58 Å². The summed E-state index contributed by atoms with van der Waals surface area (Å²) in [5.41, 5.74) is -0.277. The SMILES string of the molecule is CC(C)(CCC(=O)O)NC(=O)CCCn1c(=O)oc2cc([N+](=O)[O-])ccc21. The molecule has 10 nitrogen and oxygen atoms in total. The molecule has 0 radical (unpaired) electrons. The van der Waals surface area contributed by atoms with E-state index < -0.39 is 22.2 Å². The molecule has 27 heavy (non-hydrogen) atoms. The van der Waals surface area contributed by atoms with Gasteiger partial charge in [0.25, 0.3) is 5.69 Å². The van der Waals surface area contributed by atoms with Gasteiger partial charge in [-0.15, -0.1) is 0 Å². The summed E-state index contributed by atoms with van der Waals surface area (Å²) in [6, 6.07) is 3.91. The third kappa shape index (κ3) is 5.40. The number of nitrogens with zero attached hydrogens (tertiary/aromatic N) is 2. The molecular weight excluding hydrogens is 358 g/mol. The molecule has 0 atom stereocenters. The fraction of sp³-hybridized carbons (Fsp3) is 0.471. The molecule has 0 spiro atoms. The minimum Gasteiger partial charge on any atom is -0.481 e. The van der Waals surface area contributed by atoms with Crippen LogP contribution in [0.5, 0.6) is 0 Å². The van der Waals surface area contributed by atoms with Crippen LogP contribution >= 0.6 is 0 Å². The van der Waals surface area contributed by atoms with Crippen molar-refractivity contribution in [3.8, 4) is 0 Å². The first-order valence-corrected chi connectivity index (χ1v) is 8.40. The first kappa shape index (κ1) is 20.1. The van der Waals surface area contributed by atoms with Crippen LogP contribution in [-0.2, 0) is 16.1 Å². The zero-order chi connectivity index (χ0) is 20.2. The van der Waals surface area contributed by atoms with Crippen LogP contribution in [-0.4, -0.2) is 32.0 Å². The third-order valence-electron chi connectivity index (χ3n) is 4.09. The Kier molecular flexibility index (Phi) is 5.98. The molecule has 146 valence electrons. The van der Waals surface area contributed by atoms with E-state index in [-0.39, 0.29) is 36.6 Å². The first-order valence-electron chi connectivity index (χ1n) is 8.40. The number of aromatic nitrogens is 1. The lowest BCUT2D eigenvalue weighted by molar-refractivity contribution is -0.384. The molecule has 0 fully saturated rings. The largest absolute Gasteiger partial charge is 0.481 e. The van der Waals surface area contributed by atoms with Crippen molar-refractivity contribution in [2.45, 2.75) is 51.6 Å². The van der Waals surface area contributed by atoms with Gasteiger partial charge in [0.1, 0.15) is 0 Å². The van der Waals surface area contributed by atoms with E-state index in [0.717, 1.165) is 0 Å². The fourth-order valence-corrected chi connectivity index (χ4v) is 2.70. The maximum absolute atomic E-state index is 12.1. The molecule has 0 aliphatic rings. The van der Waals surface area contributed by atoms with Crippen molar-refractivity contribution in [3.63, 3.8) is 0 Å². The molecule has 2 rings (SSSR count). The van der Waals surface area contributed by atoms with Crippen LogP contribution in [0.3, 0.4) is 0 Å². The highest BCUT2D eigenvalue weighted by molar-refractivity contribution is 5.77. The Morgan fingerprint density at radius 3 is 2.67 bits per heavy atom. The summed E-state index contributed by atoms with van der Waals surface area (Å²) in [6.07, 6.45) is 0.753. The predicted octanol–water partition coefficient (Wildman–Crippen LogP) is 2.04. The monoisotopic (exact) mass is 379 g/mol. The molecule has 1 aromatic carbocycles. The minimum atomic E-state index is -0.927. The third-order valence-corrected chi connectivity index (χ3v) is 4.09. The number of nitrogens with one attached hydrogen (secondary N) is 1. The number of rotatable bonds is 9. The normalized spacial score (nSPS) is 11.5. The lowest BCUT2D eigenvalue weighted by Gasteiger charge is -2.25. The van der Waals surface area contributed by atoms with Crippen molar-refractivity contribution in [1.29, 1.82) is 0 Å². The van der Waals surface area contributed by atoms with Gasteiger partial charge >= 0.3 is 11.7 Å². The number of hydrogen-bond donors (Lipinski definition) is 2. The lowest BCUT2D eigenvalue weighted by Crippen LogP contribution is -2.43. The van der Waals surface area contributed by atoms with E-state index in [2.05, 4.69) is 5.32 Å². The zero-order valence-corrected chi connectivity index (χ0v) is 15.1. The second-order valence-electron chi connectivity index (χ2n) is 6.86. The first-order chi connectivity index (χ1) is 12.6. The average molecular weight is 379 g/mol. The van der Waals surface area contributed by atoms with Crippen molar-refractivity contribution < 1.29 is 24.0 Å². The molecule has 1 heterocycles. The van der Waals surface area contributed by atoms with E-state index in [1.807, 2.05) is 0 Å². The number of nitro groups is 1. The van der Waals surface area contributed by atoms with Gasteiger partial charge in [0.2, 0.25) is 5.91 Å². The minimum absolute atomic E-state index is 0.0458. The molecule has 0 unspecified atom stereocenters. The van der Waals surface area contributed by atoms with Crippen LogP contribution in [0, 0.1) is 10.1 Å². The van der Waals surface area contributed by atoms with Crippen LogP contribution < -0.4 is 11.1 Å². The Labute approximate surface area is 153 Å².